The van der Waals surface area contributed by atoms with Crippen LogP contribution in [0.3, 0.4) is 0 Å². The molecule has 4 amide bonds. The number of allylic oxidation sites excluding steroid dienone is 1. The fourth-order valence-electron chi connectivity index (χ4n) is 7.33. The fraction of sp³-hybridized carbons (Fsp3) is 0.588. The SMILES string of the molecule is COc1nnc(O[C@@H]2C[C@H]3C(=O)N[C@]4(C(=O)NS(=O)(=O)C5(CF)CC5)C[C@H]4C=CCC[C@@H](C)C[C@@H](C)[C@H](NC(=O)O)C(=O)N3C2)c2ccccc12. The molecule has 17 heteroatoms. The van der Waals surface area contributed by atoms with Crippen LogP contribution in [0.25, 0.3) is 10.8 Å². The molecule has 4 aliphatic rings. The third-order valence-corrected chi connectivity index (χ3v) is 12.7. The number of ether oxygens (including phenoxy) is 2. The van der Waals surface area contributed by atoms with Crippen molar-refractivity contribution >= 4 is 44.6 Å². The highest BCUT2D eigenvalue weighted by molar-refractivity contribution is 7.91. The van der Waals surface area contributed by atoms with Gasteiger partial charge in [0.2, 0.25) is 33.6 Å². The second-order valence-corrected chi connectivity index (χ2v) is 16.4. The van der Waals surface area contributed by atoms with Crippen molar-refractivity contribution in [2.24, 2.45) is 17.8 Å². The molecule has 2 aliphatic carbocycles. The van der Waals surface area contributed by atoms with Crippen molar-refractivity contribution < 1.29 is 46.6 Å². The summed E-state index contributed by atoms with van der Waals surface area (Å²) in [5, 5.41) is 24.3. The van der Waals surface area contributed by atoms with Gasteiger partial charge < -0.3 is 30.1 Å². The van der Waals surface area contributed by atoms with E-state index in [9.17, 15) is 37.1 Å². The number of carbonyl (C=O) groups excluding carboxylic acids is 3. The Labute approximate surface area is 294 Å². The van der Waals surface area contributed by atoms with E-state index in [-0.39, 0.29) is 49.9 Å². The Morgan fingerprint density at radius 3 is 2.45 bits per heavy atom. The average Bonchev–Trinajstić information content (AvgIpc) is 4.00. The molecule has 0 unspecified atom stereocenters. The minimum Gasteiger partial charge on any atom is -0.479 e. The number of sulfonamides is 1. The van der Waals surface area contributed by atoms with E-state index in [1.165, 1.54) is 12.0 Å². The topological polar surface area (TPSA) is 206 Å². The number of halogens is 1. The van der Waals surface area contributed by atoms with Crippen LogP contribution in [0.15, 0.2) is 36.4 Å². The van der Waals surface area contributed by atoms with Crippen LogP contribution in [-0.4, -0.2) is 101 Å². The third-order valence-electron chi connectivity index (χ3n) is 10.6. The number of methoxy groups -OCH3 is 1. The van der Waals surface area contributed by atoms with Crippen molar-refractivity contribution in [1.82, 2.24) is 30.5 Å². The van der Waals surface area contributed by atoms with Crippen molar-refractivity contribution in [2.75, 3.05) is 20.3 Å². The van der Waals surface area contributed by atoms with Gasteiger partial charge in [0.15, 0.2) is 0 Å². The quantitative estimate of drug-likeness (QED) is 0.290. The molecule has 4 N–H and O–H groups in total. The number of rotatable bonds is 8. The number of alkyl halides is 1. The zero-order valence-electron chi connectivity index (χ0n) is 28.6. The smallest absolute Gasteiger partial charge is 0.405 e. The molecule has 0 radical (unpaired) electrons. The molecule has 276 valence electrons. The second kappa shape index (κ2) is 13.9. The van der Waals surface area contributed by atoms with Crippen LogP contribution in [0.2, 0.25) is 0 Å². The summed E-state index contributed by atoms with van der Waals surface area (Å²) in [6, 6.07) is 4.67. The van der Waals surface area contributed by atoms with Gasteiger partial charge in [0, 0.05) is 12.3 Å². The molecule has 15 nitrogen and oxygen atoms in total. The van der Waals surface area contributed by atoms with Crippen molar-refractivity contribution in [3.8, 4) is 11.8 Å². The van der Waals surface area contributed by atoms with Gasteiger partial charge in [-0.05, 0) is 62.5 Å². The van der Waals surface area contributed by atoms with Gasteiger partial charge in [0.05, 0.1) is 24.4 Å². The normalized spacial score (nSPS) is 30.5. The Morgan fingerprint density at radius 2 is 1.80 bits per heavy atom. The number of carboxylic acid groups (broad SMARTS) is 1. The Kier molecular flexibility index (Phi) is 9.87. The molecule has 1 saturated heterocycles. The van der Waals surface area contributed by atoms with Crippen LogP contribution in [-0.2, 0) is 24.4 Å². The first-order valence-corrected chi connectivity index (χ1v) is 18.6. The van der Waals surface area contributed by atoms with Crippen LogP contribution in [0.5, 0.6) is 11.8 Å². The van der Waals surface area contributed by atoms with Gasteiger partial charge in [0.25, 0.3) is 5.91 Å². The predicted molar refractivity (Wildman–Crippen MR) is 181 cm³/mol. The monoisotopic (exact) mass is 730 g/mol. The van der Waals surface area contributed by atoms with Crippen LogP contribution >= 0.6 is 0 Å². The Bertz CT molecular complexity index is 1860. The number of nitrogens with zero attached hydrogens (tertiary/aromatic N) is 3. The lowest BCUT2D eigenvalue weighted by atomic mass is 9.88. The van der Waals surface area contributed by atoms with E-state index in [2.05, 4.69) is 20.8 Å². The molecule has 3 fully saturated rings. The molecule has 2 aromatic rings. The van der Waals surface area contributed by atoms with E-state index in [1.807, 2.05) is 17.7 Å². The molecule has 2 saturated carbocycles. The Hall–Kier alpha value is -4.54. The van der Waals surface area contributed by atoms with E-state index in [4.69, 9.17) is 9.47 Å². The largest absolute Gasteiger partial charge is 0.479 e. The number of fused-ring (bicyclic) bond motifs is 3. The maximum Gasteiger partial charge on any atom is 0.405 e. The zero-order valence-corrected chi connectivity index (χ0v) is 29.4. The number of hydrogen-bond donors (Lipinski definition) is 4. The van der Waals surface area contributed by atoms with E-state index >= 15 is 0 Å². The lowest BCUT2D eigenvalue weighted by Crippen LogP contribution is -2.59. The summed E-state index contributed by atoms with van der Waals surface area (Å²) in [4.78, 5) is 55.5. The summed E-state index contributed by atoms with van der Waals surface area (Å²) >= 11 is 0. The molecule has 3 heterocycles. The second-order valence-electron chi connectivity index (χ2n) is 14.3. The third kappa shape index (κ3) is 7.04. The summed E-state index contributed by atoms with van der Waals surface area (Å²) < 4.78 is 51.9. The fourth-order valence-corrected chi connectivity index (χ4v) is 8.76. The van der Waals surface area contributed by atoms with E-state index in [0.717, 1.165) is 0 Å². The van der Waals surface area contributed by atoms with E-state index < -0.39 is 80.8 Å². The number of benzene rings is 1. The van der Waals surface area contributed by atoms with Gasteiger partial charge in [-0.3, -0.25) is 19.1 Å². The number of amides is 4. The van der Waals surface area contributed by atoms with Crippen molar-refractivity contribution in [1.29, 1.82) is 0 Å². The predicted octanol–water partition coefficient (Wildman–Crippen LogP) is 2.46. The molecule has 6 rings (SSSR count). The summed E-state index contributed by atoms with van der Waals surface area (Å²) in [5.41, 5.74) is -1.67. The maximum atomic E-state index is 14.3. The summed E-state index contributed by atoms with van der Waals surface area (Å²) in [5.74, 6) is -2.89. The highest BCUT2D eigenvalue weighted by Gasteiger charge is 2.64. The number of nitrogens with one attached hydrogen (secondary N) is 3. The number of aromatic nitrogens is 2. The average molecular weight is 731 g/mol. The highest BCUT2D eigenvalue weighted by Crippen LogP contribution is 2.48. The van der Waals surface area contributed by atoms with Gasteiger partial charge in [-0.1, -0.05) is 38.1 Å². The molecule has 0 spiro atoms. The van der Waals surface area contributed by atoms with Crippen LogP contribution in [0, 0.1) is 17.8 Å². The minimum absolute atomic E-state index is 0.0638. The van der Waals surface area contributed by atoms with Gasteiger partial charge >= 0.3 is 6.09 Å². The van der Waals surface area contributed by atoms with Gasteiger partial charge in [-0.25, -0.2) is 17.6 Å². The van der Waals surface area contributed by atoms with E-state index in [1.54, 1.807) is 37.3 Å². The first-order chi connectivity index (χ1) is 24.2. The molecule has 1 aromatic heterocycles. The molecule has 1 aromatic carbocycles. The maximum absolute atomic E-state index is 14.3. The van der Waals surface area contributed by atoms with Crippen molar-refractivity contribution in [2.45, 2.75) is 87.3 Å². The van der Waals surface area contributed by atoms with Crippen molar-refractivity contribution in [3.05, 3.63) is 36.4 Å². The molecular weight excluding hydrogens is 687 g/mol. The molecular formula is C34H43FN6O9S. The lowest BCUT2D eigenvalue weighted by Gasteiger charge is -2.32. The summed E-state index contributed by atoms with van der Waals surface area (Å²) in [6.45, 7) is 2.50. The van der Waals surface area contributed by atoms with Crippen molar-refractivity contribution in [3.63, 3.8) is 0 Å². The molecule has 2 aliphatic heterocycles. The first kappa shape index (κ1) is 36.3. The summed E-state index contributed by atoms with van der Waals surface area (Å²) in [7, 11) is -2.93. The van der Waals surface area contributed by atoms with Crippen LogP contribution in [0.4, 0.5) is 9.18 Å². The minimum atomic E-state index is -4.39. The summed E-state index contributed by atoms with van der Waals surface area (Å²) in [6.07, 6.45) is 3.40. The molecule has 0 bridgehead atoms. The zero-order chi connectivity index (χ0) is 36.7. The number of carbonyl (C=O) groups is 4. The number of hydrogen-bond acceptors (Lipinski definition) is 10. The van der Waals surface area contributed by atoms with Crippen LogP contribution in [0.1, 0.15) is 58.8 Å². The lowest BCUT2D eigenvalue weighted by molar-refractivity contribution is -0.142. The van der Waals surface area contributed by atoms with Gasteiger partial charge in [-0.2, -0.15) is 0 Å². The standard InChI is InChI=1S/C34H43FN6O9S/c1-19-8-4-5-9-21-16-34(21,31(44)40-51(47,48)33(18-35)12-13-33)37-27(42)25-15-22(17-41(25)30(43)26(20(2)14-19)36-32(45)46)50-29-24-11-7-6-10-23(24)28(49-3)38-39-29/h5-7,9-11,19-22,25-26,36H,4,8,12-18H2,1-3H3,(H,37,42)(H,40,44)(H,45,46)/t19-,20-,21-,22-,25+,26+,34-/m1/s1. The molecule has 51 heavy (non-hydrogen) atoms. The molecule has 7 atom stereocenters. The van der Waals surface area contributed by atoms with Gasteiger partial charge in [0.1, 0.15) is 35.1 Å². The Balaban J connectivity index is 1.34. The van der Waals surface area contributed by atoms with Gasteiger partial charge in [-0.15, -0.1) is 10.2 Å². The Morgan fingerprint density at radius 1 is 1.12 bits per heavy atom. The highest BCUT2D eigenvalue weighted by atomic mass is 32.2. The first-order valence-electron chi connectivity index (χ1n) is 17.1. The van der Waals surface area contributed by atoms with E-state index in [0.29, 0.717) is 30.0 Å². The van der Waals surface area contributed by atoms with Crippen LogP contribution < -0.4 is 24.8 Å².